The Hall–Kier alpha value is -1.92. The molecule has 0 saturated carbocycles. The van der Waals surface area contributed by atoms with E-state index in [-0.39, 0.29) is 25.7 Å². The number of hydrogen-bond acceptors (Lipinski definition) is 5. The highest BCUT2D eigenvalue weighted by atomic mass is 16.6. The molecule has 21 heavy (non-hydrogen) atoms. The minimum Gasteiger partial charge on any atom is -0.481 e. The first-order valence-electron chi connectivity index (χ1n) is 7.05. The van der Waals surface area contributed by atoms with Gasteiger partial charge in [-0.15, -0.1) is 0 Å². The number of aliphatic carboxylic acids is 2. The molecule has 0 aliphatic rings. The molecule has 1 unspecified atom stereocenters. The normalized spacial score (nSPS) is 11.6. The van der Waals surface area contributed by atoms with Crippen LogP contribution in [0.3, 0.4) is 0 Å². The number of esters is 1. The van der Waals surface area contributed by atoms with Crippen LogP contribution in [-0.2, 0) is 23.9 Å². The first-order valence-corrected chi connectivity index (χ1v) is 7.05. The summed E-state index contributed by atoms with van der Waals surface area (Å²) in [5, 5.41) is 17.5. The summed E-state index contributed by atoms with van der Waals surface area (Å²) in [6, 6.07) is 0. The maximum absolute atomic E-state index is 10.9. The number of hydrogen-bond donors (Lipinski definition) is 2. The third-order valence-electron chi connectivity index (χ3n) is 3.17. The SMILES string of the molecule is O=COC(=O)CCCCCCCC(CCC(=O)O)C(=O)O. The Bertz CT molecular complexity index is 351. The lowest BCUT2D eigenvalue weighted by molar-refractivity contribution is -0.151. The number of carboxylic acid groups (broad SMARTS) is 2. The Balaban J connectivity index is 3.62. The summed E-state index contributed by atoms with van der Waals surface area (Å²) >= 11 is 0. The molecule has 0 amide bonds. The molecule has 0 aliphatic carbocycles. The van der Waals surface area contributed by atoms with Crippen LogP contribution < -0.4 is 0 Å². The van der Waals surface area contributed by atoms with Crippen molar-refractivity contribution in [3.63, 3.8) is 0 Å². The number of rotatable bonds is 13. The lowest BCUT2D eigenvalue weighted by Crippen LogP contribution is -2.15. The number of carboxylic acids is 2. The summed E-state index contributed by atoms with van der Waals surface area (Å²) in [5.41, 5.74) is 0. The van der Waals surface area contributed by atoms with E-state index in [1.165, 1.54) is 0 Å². The average Bonchev–Trinajstić information content (AvgIpc) is 2.40. The van der Waals surface area contributed by atoms with Crippen LogP contribution in [0.4, 0.5) is 0 Å². The van der Waals surface area contributed by atoms with Crippen molar-refractivity contribution in [1.29, 1.82) is 0 Å². The molecule has 120 valence electrons. The molecular weight excluding hydrogens is 280 g/mol. The van der Waals surface area contributed by atoms with Crippen molar-refractivity contribution in [3.8, 4) is 0 Å². The standard InChI is InChI=1S/C14H22O7/c15-10-21-13(18)7-5-3-1-2-4-6-11(14(19)20)8-9-12(16)17/h10-11H,1-9H2,(H,16,17)(H,19,20). The molecule has 0 aliphatic heterocycles. The molecule has 7 heteroatoms. The predicted octanol–water partition coefficient (Wildman–Crippen LogP) is 1.98. The topological polar surface area (TPSA) is 118 Å². The molecule has 0 rings (SSSR count). The second-order valence-electron chi connectivity index (χ2n) is 4.86. The van der Waals surface area contributed by atoms with Gasteiger partial charge in [0.2, 0.25) is 0 Å². The van der Waals surface area contributed by atoms with Crippen molar-refractivity contribution in [2.45, 2.75) is 57.8 Å². The van der Waals surface area contributed by atoms with E-state index in [1.54, 1.807) is 0 Å². The lowest BCUT2D eigenvalue weighted by atomic mass is 9.96. The summed E-state index contributed by atoms with van der Waals surface area (Å²) in [7, 11) is 0. The molecule has 0 fully saturated rings. The second kappa shape index (κ2) is 11.9. The van der Waals surface area contributed by atoms with Crippen LogP contribution in [0.2, 0.25) is 0 Å². The Kier molecular flexibility index (Phi) is 10.8. The fourth-order valence-electron chi connectivity index (χ4n) is 1.99. The quantitative estimate of drug-likeness (QED) is 0.231. The van der Waals surface area contributed by atoms with Gasteiger partial charge in [0.15, 0.2) is 0 Å². The van der Waals surface area contributed by atoms with Gasteiger partial charge in [0, 0.05) is 12.8 Å². The van der Waals surface area contributed by atoms with Gasteiger partial charge >= 0.3 is 24.4 Å². The molecule has 1 atom stereocenters. The van der Waals surface area contributed by atoms with E-state index in [0.717, 1.165) is 25.7 Å². The van der Waals surface area contributed by atoms with E-state index in [1.807, 2.05) is 0 Å². The van der Waals surface area contributed by atoms with Gasteiger partial charge < -0.3 is 14.9 Å². The number of unbranched alkanes of at least 4 members (excludes halogenated alkanes) is 4. The molecule has 0 aromatic carbocycles. The zero-order valence-electron chi connectivity index (χ0n) is 12.0. The highest BCUT2D eigenvalue weighted by Gasteiger charge is 2.17. The molecule has 0 bridgehead atoms. The number of ether oxygens (including phenoxy) is 1. The van der Waals surface area contributed by atoms with Crippen LogP contribution in [-0.4, -0.2) is 34.6 Å². The van der Waals surface area contributed by atoms with E-state index in [9.17, 15) is 19.2 Å². The van der Waals surface area contributed by atoms with Gasteiger partial charge in [-0.05, 0) is 19.3 Å². The summed E-state index contributed by atoms with van der Waals surface area (Å²) in [6.45, 7) is 0.117. The summed E-state index contributed by atoms with van der Waals surface area (Å²) in [4.78, 5) is 42.1. The van der Waals surface area contributed by atoms with Crippen LogP contribution in [0.1, 0.15) is 57.8 Å². The van der Waals surface area contributed by atoms with Crippen LogP contribution in [0.25, 0.3) is 0 Å². The van der Waals surface area contributed by atoms with Crippen molar-refractivity contribution >= 4 is 24.4 Å². The Morgan fingerprint density at radius 2 is 1.52 bits per heavy atom. The number of carbonyl (C=O) groups excluding carboxylic acids is 2. The molecule has 0 heterocycles. The van der Waals surface area contributed by atoms with Gasteiger partial charge in [0.25, 0.3) is 0 Å². The predicted molar refractivity (Wildman–Crippen MR) is 72.5 cm³/mol. The van der Waals surface area contributed by atoms with Crippen LogP contribution in [0, 0.1) is 5.92 Å². The third kappa shape index (κ3) is 11.6. The maximum atomic E-state index is 10.9. The van der Waals surface area contributed by atoms with Crippen molar-refractivity contribution in [1.82, 2.24) is 0 Å². The number of carbonyl (C=O) groups is 4. The van der Waals surface area contributed by atoms with Gasteiger partial charge in [-0.1, -0.05) is 25.7 Å². The zero-order chi connectivity index (χ0) is 16.1. The highest BCUT2D eigenvalue weighted by molar-refractivity contribution is 5.76. The first kappa shape index (κ1) is 19.1. The molecule has 0 radical (unpaired) electrons. The monoisotopic (exact) mass is 302 g/mol. The molecular formula is C14H22O7. The molecule has 2 N–H and O–H groups in total. The molecule has 0 aromatic rings. The van der Waals surface area contributed by atoms with Crippen LogP contribution in [0.15, 0.2) is 0 Å². The smallest absolute Gasteiger partial charge is 0.313 e. The minimum absolute atomic E-state index is 0.117. The Labute approximate surface area is 123 Å². The fraction of sp³-hybridized carbons (Fsp3) is 0.714. The summed E-state index contributed by atoms with van der Waals surface area (Å²) in [5.74, 6) is -3.08. The maximum Gasteiger partial charge on any atom is 0.313 e. The van der Waals surface area contributed by atoms with Crippen molar-refractivity contribution in [3.05, 3.63) is 0 Å². The Morgan fingerprint density at radius 1 is 0.905 bits per heavy atom. The van der Waals surface area contributed by atoms with E-state index in [0.29, 0.717) is 12.8 Å². The van der Waals surface area contributed by atoms with Gasteiger partial charge in [-0.25, -0.2) is 0 Å². The van der Waals surface area contributed by atoms with E-state index in [4.69, 9.17) is 10.2 Å². The lowest BCUT2D eigenvalue weighted by Gasteiger charge is -2.10. The van der Waals surface area contributed by atoms with Crippen molar-refractivity contribution < 1.29 is 34.1 Å². The second-order valence-corrected chi connectivity index (χ2v) is 4.86. The van der Waals surface area contributed by atoms with Gasteiger partial charge in [0.05, 0.1) is 5.92 Å². The summed E-state index contributed by atoms with van der Waals surface area (Å²) in [6.07, 6.45) is 4.55. The highest BCUT2D eigenvalue weighted by Crippen LogP contribution is 2.17. The molecule has 0 aromatic heterocycles. The van der Waals surface area contributed by atoms with Gasteiger partial charge in [-0.3, -0.25) is 19.2 Å². The van der Waals surface area contributed by atoms with Crippen LogP contribution >= 0.6 is 0 Å². The van der Waals surface area contributed by atoms with E-state index in [2.05, 4.69) is 4.74 Å². The van der Waals surface area contributed by atoms with E-state index >= 15 is 0 Å². The third-order valence-corrected chi connectivity index (χ3v) is 3.17. The van der Waals surface area contributed by atoms with Gasteiger partial charge in [-0.2, -0.15) is 0 Å². The van der Waals surface area contributed by atoms with E-state index < -0.39 is 23.8 Å². The van der Waals surface area contributed by atoms with Crippen molar-refractivity contribution in [2.24, 2.45) is 5.92 Å². The largest absolute Gasteiger partial charge is 0.481 e. The molecule has 0 spiro atoms. The molecule has 0 saturated heterocycles. The summed E-state index contributed by atoms with van der Waals surface area (Å²) < 4.78 is 4.14. The zero-order valence-corrected chi connectivity index (χ0v) is 12.0. The van der Waals surface area contributed by atoms with Crippen molar-refractivity contribution in [2.75, 3.05) is 0 Å². The van der Waals surface area contributed by atoms with Crippen LogP contribution in [0.5, 0.6) is 0 Å². The first-order chi connectivity index (χ1) is 9.97. The fourth-order valence-corrected chi connectivity index (χ4v) is 1.99. The van der Waals surface area contributed by atoms with Gasteiger partial charge in [0.1, 0.15) is 0 Å². The average molecular weight is 302 g/mol. The molecule has 7 nitrogen and oxygen atoms in total. The Morgan fingerprint density at radius 3 is 2.10 bits per heavy atom. The minimum atomic E-state index is -0.983.